The molecule has 4 aromatic rings. The first-order valence-electron chi connectivity index (χ1n) is 10.6. The number of nitrogens with zero attached hydrogens (tertiary/aromatic N) is 3. The van der Waals surface area contributed by atoms with Crippen molar-refractivity contribution in [2.45, 2.75) is 19.9 Å². The third-order valence-electron chi connectivity index (χ3n) is 6.06. The van der Waals surface area contributed by atoms with Gasteiger partial charge in [0.25, 0.3) is 11.5 Å². The number of carbonyl (C=O) groups excluding carboxylic acids is 1. The van der Waals surface area contributed by atoms with Gasteiger partial charge in [-0.25, -0.2) is 4.98 Å². The number of para-hydroxylation sites is 1. The van der Waals surface area contributed by atoms with Crippen LogP contribution in [0.4, 0.5) is 0 Å². The highest BCUT2D eigenvalue weighted by Crippen LogP contribution is 2.26. The summed E-state index contributed by atoms with van der Waals surface area (Å²) in [6.07, 6.45) is 0.463. The van der Waals surface area contributed by atoms with Gasteiger partial charge in [-0.05, 0) is 60.5 Å². The van der Waals surface area contributed by atoms with E-state index in [1.807, 2.05) is 72.5 Å². The molecule has 6 heteroatoms. The minimum atomic E-state index is -0.123. The molecular formula is C26H23N3O3. The number of ether oxygens (including phenoxy) is 1. The summed E-state index contributed by atoms with van der Waals surface area (Å²) in [6, 6.07) is 20.5. The molecule has 0 spiro atoms. The van der Waals surface area contributed by atoms with Gasteiger partial charge in [-0.1, -0.05) is 24.3 Å². The van der Waals surface area contributed by atoms with Crippen LogP contribution in [-0.4, -0.2) is 34.0 Å². The van der Waals surface area contributed by atoms with Gasteiger partial charge in [0.05, 0.1) is 23.7 Å². The maximum absolute atomic E-state index is 13.4. The fourth-order valence-corrected chi connectivity index (χ4v) is 4.31. The second-order valence-corrected chi connectivity index (χ2v) is 7.96. The van der Waals surface area contributed by atoms with Crippen molar-refractivity contribution in [1.82, 2.24) is 14.5 Å². The Morgan fingerprint density at radius 1 is 0.969 bits per heavy atom. The zero-order valence-corrected chi connectivity index (χ0v) is 18.0. The number of aryl methyl sites for hydroxylation is 1. The first-order valence-corrected chi connectivity index (χ1v) is 10.6. The Morgan fingerprint density at radius 3 is 2.50 bits per heavy atom. The van der Waals surface area contributed by atoms with Gasteiger partial charge < -0.3 is 9.64 Å². The summed E-state index contributed by atoms with van der Waals surface area (Å²) in [4.78, 5) is 32.9. The monoisotopic (exact) mass is 425 g/mol. The van der Waals surface area contributed by atoms with Crippen molar-refractivity contribution in [1.29, 1.82) is 0 Å². The number of hydrogen-bond acceptors (Lipinski definition) is 4. The SMILES string of the molecule is COc1ccc(-n2c(CCN3Cc4c(C)cccc4C3=O)nc3ccccc3c2=O)cc1. The van der Waals surface area contributed by atoms with Gasteiger partial charge in [-0.2, -0.15) is 0 Å². The molecular weight excluding hydrogens is 402 g/mol. The van der Waals surface area contributed by atoms with E-state index < -0.39 is 0 Å². The van der Waals surface area contributed by atoms with Gasteiger partial charge in [0.1, 0.15) is 11.6 Å². The van der Waals surface area contributed by atoms with Crippen LogP contribution in [0.15, 0.2) is 71.5 Å². The average molecular weight is 425 g/mol. The summed E-state index contributed by atoms with van der Waals surface area (Å²) in [5.74, 6) is 1.37. The molecule has 0 N–H and O–H groups in total. The Morgan fingerprint density at radius 2 is 1.75 bits per heavy atom. The Labute approximate surface area is 185 Å². The molecule has 1 aliphatic rings. The summed E-state index contributed by atoms with van der Waals surface area (Å²) < 4.78 is 6.90. The van der Waals surface area contributed by atoms with Crippen molar-refractivity contribution in [3.63, 3.8) is 0 Å². The van der Waals surface area contributed by atoms with Gasteiger partial charge in [-0.15, -0.1) is 0 Å². The predicted octanol–water partition coefficient (Wildman–Crippen LogP) is 3.90. The molecule has 2 heterocycles. The fraction of sp³-hybridized carbons (Fsp3) is 0.192. The Hall–Kier alpha value is -3.93. The van der Waals surface area contributed by atoms with E-state index in [0.29, 0.717) is 42.0 Å². The number of carbonyl (C=O) groups is 1. The van der Waals surface area contributed by atoms with Crippen molar-refractivity contribution in [2.75, 3.05) is 13.7 Å². The predicted molar refractivity (Wildman–Crippen MR) is 124 cm³/mol. The van der Waals surface area contributed by atoms with E-state index in [1.165, 1.54) is 0 Å². The third-order valence-corrected chi connectivity index (χ3v) is 6.06. The largest absolute Gasteiger partial charge is 0.497 e. The van der Waals surface area contributed by atoms with Crippen LogP contribution in [0.1, 0.15) is 27.3 Å². The van der Waals surface area contributed by atoms with Crippen LogP contribution in [0.3, 0.4) is 0 Å². The maximum Gasteiger partial charge on any atom is 0.265 e. The quantitative estimate of drug-likeness (QED) is 0.487. The van der Waals surface area contributed by atoms with Crippen molar-refractivity contribution in [3.05, 3.63) is 99.6 Å². The second kappa shape index (κ2) is 7.96. The molecule has 1 amide bonds. The van der Waals surface area contributed by atoms with E-state index in [1.54, 1.807) is 17.7 Å². The Kier molecular flexibility index (Phi) is 4.98. The summed E-state index contributed by atoms with van der Waals surface area (Å²) in [5.41, 5.74) is 4.22. The maximum atomic E-state index is 13.4. The standard InChI is InChI=1S/C26H23N3O3/c1-17-6-5-8-20-22(17)16-28(25(20)30)15-14-24-27-23-9-4-3-7-21(23)26(31)29(24)18-10-12-19(32-2)13-11-18/h3-13H,14-16H2,1-2H3. The highest BCUT2D eigenvalue weighted by atomic mass is 16.5. The van der Waals surface area contributed by atoms with E-state index in [4.69, 9.17) is 9.72 Å². The highest BCUT2D eigenvalue weighted by Gasteiger charge is 2.28. The van der Waals surface area contributed by atoms with Crippen molar-refractivity contribution in [2.24, 2.45) is 0 Å². The van der Waals surface area contributed by atoms with Crippen LogP contribution in [-0.2, 0) is 13.0 Å². The molecule has 0 saturated heterocycles. The van der Waals surface area contributed by atoms with Crippen LogP contribution in [0, 0.1) is 6.92 Å². The lowest BCUT2D eigenvalue weighted by molar-refractivity contribution is 0.0779. The molecule has 32 heavy (non-hydrogen) atoms. The number of hydrogen-bond donors (Lipinski definition) is 0. The molecule has 0 saturated carbocycles. The smallest absolute Gasteiger partial charge is 0.265 e. The third kappa shape index (κ3) is 3.34. The lowest BCUT2D eigenvalue weighted by atomic mass is 10.1. The number of rotatable bonds is 5. The molecule has 1 aromatic heterocycles. The normalized spacial score (nSPS) is 12.9. The molecule has 0 aliphatic carbocycles. The van der Waals surface area contributed by atoms with Crippen molar-refractivity contribution >= 4 is 16.8 Å². The van der Waals surface area contributed by atoms with Crippen LogP contribution >= 0.6 is 0 Å². The molecule has 3 aromatic carbocycles. The van der Waals surface area contributed by atoms with Gasteiger partial charge in [0, 0.05) is 25.1 Å². The average Bonchev–Trinajstić information content (AvgIpc) is 3.15. The number of aromatic nitrogens is 2. The Balaban J connectivity index is 1.52. The van der Waals surface area contributed by atoms with Crippen LogP contribution in [0.25, 0.3) is 16.6 Å². The summed E-state index contributed by atoms with van der Waals surface area (Å²) in [7, 11) is 1.61. The number of amides is 1. The zero-order chi connectivity index (χ0) is 22.2. The first-order chi connectivity index (χ1) is 15.6. The molecule has 0 fully saturated rings. The molecule has 0 bridgehead atoms. The topological polar surface area (TPSA) is 64.4 Å². The summed E-state index contributed by atoms with van der Waals surface area (Å²) in [5, 5.41) is 0.562. The van der Waals surface area contributed by atoms with Gasteiger partial charge in [-0.3, -0.25) is 14.2 Å². The van der Waals surface area contributed by atoms with Crippen LogP contribution < -0.4 is 10.3 Å². The van der Waals surface area contributed by atoms with E-state index in [2.05, 4.69) is 0 Å². The second-order valence-electron chi connectivity index (χ2n) is 7.96. The minimum Gasteiger partial charge on any atom is -0.497 e. The van der Waals surface area contributed by atoms with E-state index in [-0.39, 0.29) is 11.5 Å². The van der Waals surface area contributed by atoms with E-state index in [0.717, 1.165) is 22.4 Å². The van der Waals surface area contributed by atoms with Crippen molar-refractivity contribution < 1.29 is 9.53 Å². The molecule has 6 nitrogen and oxygen atoms in total. The van der Waals surface area contributed by atoms with Gasteiger partial charge >= 0.3 is 0 Å². The molecule has 0 atom stereocenters. The lowest BCUT2D eigenvalue weighted by Gasteiger charge is -2.18. The minimum absolute atomic E-state index is 0.0304. The number of benzene rings is 3. The van der Waals surface area contributed by atoms with E-state index >= 15 is 0 Å². The summed E-state index contributed by atoms with van der Waals surface area (Å²) in [6.45, 7) is 3.09. The van der Waals surface area contributed by atoms with E-state index in [9.17, 15) is 9.59 Å². The first kappa shape index (κ1) is 20.0. The van der Waals surface area contributed by atoms with Crippen molar-refractivity contribution in [3.8, 4) is 11.4 Å². The highest BCUT2D eigenvalue weighted by molar-refractivity contribution is 5.98. The van der Waals surface area contributed by atoms with Gasteiger partial charge in [0.2, 0.25) is 0 Å². The van der Waals surface area contributed by atoms with Crippen LogP contribution in [0.5, 0.6) is 5.75 Å². The number of fused-ring (bicyclic) bond motifs is 2. The molecule has 5 rings (SSSR count). The fourth-order valence-electron chi connectivity index (χ4n) is 4.31. The Bertz CT molecular complexity index is 1390. The summed E-state index contributed by atoms with van der Waals surface area (Å²) >= 11 is 0. The zero-order valence-electron chi connectivity index (χ0n) is 18.0. The van der Waals surface area contributed by atoms with Gasteiger partial charge in [0.15, 0.2) is 0 Å². The van der Waals surface area contributed by atoms with Crippen LogP contribution in [0.2, 0.25) is 0 Å². The molecule has 1 aliphatic heterocycles. The molecule has 0 unspecified atom stereocenters. The lowest BCUT2D eigenvalue weighted by Crippen LogP contribution is -2.30. The number of methoxy groups -OCH3 is 1. The molecule has 160 valence electrons. The molecule has 0 radical (unpaired) electrons.